The number of carbonyl (C=O) groups is 1. The highest BCUT2D eigenvalue weighted by Gasteiger charge is 2.29. The molecule has 3 aromatic carbocycles. The highest BCUT2D eigenvalue weighted by molar-refractivity contribution is 5.94. The normalized spacial score (nSPS) is 12.0. The van der Waals surface area contributed by atoms with Crippen LogP contribution in [0.4, 0.5) is 4.39 Å². The summed E-state index contributed by atoms with van der Waals surface area (Å²) in [4.78, 5) is 34.0. The van der Waals surface area contributed by atoms with Crippen LogP contribution in [0.2, 0.25) is 0 Å². The molecule has 5 aromatic rings. The van der Waals surface area contributed by atoms with E-state index < -0.39 is 17.8 Å². The number of carbonyl (C=O) groups excluding carboxylic acids is 1. The van der Waals surface area contributed by atoms with Crippen molar-refractivity contribution in [3.63, 3.8) is 0 Å². The molecule has 37 heavy (non-hydrogen) atoms. The van der Waals surface area contributed by atoms with E-state index in [1.807, 2.05) is 45.0 Å². The molecule has 2 heterocycles. The number of hydrogen-bond acceptors (Lipinski definition) is 4. The molecule has 5 rings (SSSR count). The van der Waals surface area contributed by atoms with Crippen LogP contribution in [0.1, 0.15) is 46.0 Å². The quantitative estimate of drug-likeness (QED) is 0.284. The fourth-order valence-corrected chi connectivity index (χ4v) is 4.43. The van der Waals surface area contributed by atoms with Crippen molar-refractivity contribution in [2.45, 2.75) is 33.4 Å². The number of aryl methyl sites for hydroxylation is 2. The molecule has 186 valence electrons. The van der Waals surface area contributed by atoms with Crippen molar-refractivity contribution in [1.29, 1.82) is 0 Å². The average molecular weight is 496 g/mol. The zero-order valence-electron chi connectivity index (χ0n) is 20.8. The molecule has 6 nitrogen and oxygen atoms in total. The third-order valence-corrected chi connectivity index (χ3v) is 6.63. The molecule has 0 fully saturated rings. The SMILES string of the molecule is Cc1ccc(-n2c(C(C)N(Cc3ccco3)C(=O)c3cccc(F)c3)nc3ccccc3c2=O)cc1C. The summed E-state index contributed by atoms with van der Waals surface area (Å²) < 4.78 is 21.1. The van der Waals surface area contributed by atoms with Gasteiger partial charge < -0.3 is 9.32 Å². The molecule has 1 unspecified atom stereocenters. The lowest BCUT2D eigenvalue weighted by Gasteiger charge is -2.30. The number of para-hydroxylation sites is 1. The van der Waals surface area contributed by atoms with Gasteiger partial charge in [0.15, 0.2) is 0 Å². The van der Waals surface area contributed by atoms with Gasteiger partial charge in [-0.1, -0.05) is 24.3 Å². The smallest absolute Gasteiger partial charge is 0.266 e. The summed E-state index contributed by atoms with van der Waals surface area (Å²) in [5.74, 6) is 0.0329. The van der Waals surface area contributed by atoms with E-state index in [0.717, 1.165) is 11.1 Å². The van der Waals surface area contributed by atoms with Crippen molar-refractivity contribution >= 4 is 16.8 Å². The number of furan rings is 1. The number of hydrogen-bond donors (Lipinski definition) is 0. The molecule has 7 heteroatoms. The number of fused-ring (bicyclic) bond motifs is 1. The Morgan fingerprint density at radius 3 is 2.54 bits per heavy atom. The van der Waals surface area contributed by atoms with Crippen molar-refractivity contribution in [3.8, 4) is 5.69 Å². The highest BCUT2D eigenvalue weighted by atomic mass is 19.1. The number of amides is 1. The van der Waals surface area contributed by atoms with Gasteiger partial charge in [0.2, 0.25) is 0 Å². The Labute approximate surface area is 213 Å². The van der Waals surface area contributed by atoms with Gasteiger partial charge >= 0.3 is 0 Å². The minimum atomic E-state index is -0.667. The Hall–Kier alpha value is -4.52. The summed E-state index contributed by atoms with van der Waals surface area (Å²) in [5, 5.41) is 0.478. The van der Waals surface area contributed by atoms with E-state index in [1.165, 1.54) is 24.5 Å². The zero-order chi connectivity index (χ0) is 26.1. The summed E-state index contributed by atoms with van der Waals surface area (Å²) in [5.41, 5.74) is 3.28. The molecule has 0 N–H and O–H groups in total. The first-order valence-corrected chi connectivity index (χ1v) is 12.0. The fraction of sp³-hybridized carbons (Fsp3) is 0.167. The second kappa shape index (κ2) is 9.85. The largest absolute Gasteiger partial charge is 0.467 e. The second-order valence-electron chi connectivity index (χ2n) is 9.10. The van der Waals surface area contributed by atoms with Crippen LogP contribution in [0, 0.1) is 19.7 Å². The van der Waals surface area contributed by atoms with Crippen molar-refractivity contribution in [2.24, 2.45) is 0 Å². The van der Waals surface area contributed by atoms with Gasteiger partial charge in [0.25, 0.3) is 11.5 Å². The van der Waals surface area contributed by atoms with Crippen LogP contribution in [0.15, 0.2) is 94.3 Å². The van der Waals surface area contributed by atoms with E-state index in [1.54, 1.807) is 45.9 Å². The summed E-state index contributed by atoms with van der Waals surface area (Å²) in [6, 6.07) is 21.3. The van der Waals surface area contributed by atoms with Crippen molar-refractivity contribution < 1.29 is 13.6 Å². The molecule has 2 aromatic heterocycles. The number of rotatable bonds is 6. The maximum absolute atomic E-state index is 14.0. The Balaban J connectivity index is 1.71. The topological polar surface area (TPSA) is 68.3 Å². The molecule has 0 saturated heterocycles. The van der Waals surface area contributed by atoms with Gasteiger partial charge in [0, 0.05) is 5.56 Å². The average Bonchev–Trinajstić information content (AvgIpc) is 3.41. The maximum atomic E-state index is 14.0. The van der Waals surface area contributed by atoms with Crippen molar-refractivity contribution in [3.05, 3.63) is 130 Å². The third kappa shape index (κ3) is 4.68. The fourth-order valence-electron chi connectivity index (χ4n) is 4.43. The van der Waals surface area contributed by atoms with E-state index >= 15 is 0 Å². The van der Waals surface area contributed by atoms with E-state index in [4.69, 9.17) is 9.40 Å². The zero-order valence-corrected chi connectivity index (χ0v) is 20.8. The van der Waals surface area contributed by atoms with Crippen LogP contribution in [0.3, 0.4) is 0 Å². The lowest BCUT2D eigenvalue weighted by molar-refractivity contribution is 0.0648. The standard InChI is InChI=1S/C30H26FN3O3/c1-19-13-14-24(16-20(19)2)34-28(32-27-12-5-4-11-26(27)30(34)36)21(3)33(18-25-10-7-15-37-25)29(35)22-8-6-9-23(31)17-22/h4-17,21H,18H2,1-3H3. The van der Waals surface area contributed by atoms with E-state index in [9.17, 15) is 14.0 Å². The minimum Gasteiger partial charge on any atom is -0.467 e. The van der Waals surface area contributed by atoms with Crippen LogP contribution < -0.4 is 5.56 Å². The number of nitrogens with zero attached hydrogens (tertiary/aromatic N) is 3. The molecular weight excluding hydrogens is 469 g/mol. The monoisotopic (exact) mass is 495 g/mol. The minimum absolute atomic E-state index is 0.110. The Morgan fingerprint density at radius 1 is 1.00 bits per heavy atom. The van der Waals surface area contributed by atoms with Crippen LogP contribution in [-0.2, 0) is 6.54 Å². The predicted molar refractivity (Wildman–Crippen MR) is 140 cm³/mol. The summed E-state index contributed by atoms with van der Waals surface area (Å²) in [6.07, 6.45) is 1.53. The van der Waals surface area contributed by atoms with Gasteiger partial charge in [-0.25, -0.2) is 9.37 Å². The van der Waals surface area contributed by atoms with Gasteiger partial charge in [-0.15, -0.1) is 0 Å². The van der Waals surface area contributed by atoms with Crippen LogP contribution in [0.5, 0.6) is 0 Å². The summed E-state index contributed by atoms with van der Waals surface area (Å²) in [7, 11) is 0. The number of aromatic nitrogens is 2. The molecule has 0 aliphatic carbocycles. The van der Waals surface area contributed by atoms with E-state index in [0.29, 0.717) is 28.2 Å². The van der Waals surface area contributed by atoms with Gasteiger partial charge in [0.1, 0.15) is 17.4 Å². The first kappa shape index (κ1) is 24.2. The Kier molecular flexibility index (Phi) is 6.44. The molecule has 1 atom stereocenters. The molecule has 0 saturated carbocycles. The van der Waals surface area contributed by atoms with Crippen LogP contribution in [-0.4, -0.2) is 20.4 Å². The second-order valence-corrected chi connectivity index (χ2v) is 9.10. The Bertz CT molecular complexity index is 1660. The third-order valence-electron chi connectivity index (χ3n) is 6.63. The molecule has 0 aliphatic heterocycles. The Morgan fingerprint density at radius 2 is 1.81 bits per heavy atom. The van der Waals surface area contributed by atoms with Gasteiger partial charge in [-0.05, 0) is 86.5 Å². The molecular formula is C30H26FN3O3. The molecule has 0 radical (unpaired) electrons. The maximum Gasteiger partial charge on any atom is 0.266 e. The van der Waals surface area contributed by atoms with Crippen LogP contribution in [0.25, 0.3) is 16.6 Å². The van der Waals surface area contributed by atoms with Gasteiger partial charge in [0.05, 0.1) is 35.4 Å². The number of halogens is 1. The lowest BCUT2D eigenvalue weighted by atomic mass is 10.1. The van der Waals surface area contributed by atoms with Crippen molar-refractivity contribution in [2.75, 3.05) is 0 Å². The molecule has 0 bridgehead atoms. The predicted octanol–water partition coefficient (Wildman–Crippen LogP) is 6.14. The molecule has 0 spiro atoms. The van der Waals surface area contributed by atoms with Crippen molar-refractivity contribution in [1.82, 2.24) is 14.5 Å². The molecule has 1 amide bonds. The van der Waals surface area contributed by atoms with E-state index in [2.05, 4.69) is 0 Å². The summed E-state index contributed by atoms with van der Waals surface area (Å²) >= 11 is 0. The van der Waals surface area contributed by atoms with Gasteiger partial charge in [-0.2, -0.15) is 0 Å². The molecule has 0 aliphatic rings. The van der Waals surface area contributed by atoms with E-state index in [-0.39, 0.29) is 17.7 Å². The first-order valence-electron chi connectivity index (χ1n) is 12.0. The van der Waals surface area contributed by atoms with Crippen LogP contribution >= 0.6 is 0 Å². The number of benzene rings is 3. The van der Waals surface area contributed by atoms with Gasteiger partial charge in [-0.3, -0.25) is 14.2 Å². The lowest BCUT2D eigenvalue weighted by Crippen LogP contribution is -2.37. The highest BCUT2D eigenvalue weighted by Crippen LogP contribution is 2.27. The summed E-state index contributed by atoms with van der Waals surface area (Å²) in [6.45, 7) is 5.91. The first-order chi connectivity index (χ1) is 17.8.